The number of benzene rings is 3. The van der Waals surface area contributed by atoms with Crippen LogP contribution in [0.25, 0.3) is 0 Å². The van der Waals surface area contributed by atoms with E-state index >= 15 is 0 Å². The van der Waals surface area contributed by atoms with Gasteiger partial charge in [0.05, 0.1) is 95.7 Å². The zero-order valence-electron chi connectivity index (χ0n) is 63.4. The van der Waals surface area contributed by atoms with Gasteiger partial charge in [0.2, 0.25) is 47.3 Å². The molecule has 32 heteroatoms. The van der Waals surface area contributed by atoms with Gasteiger partial charge in [0.25, 0.3) is 0 Å². The molecule has 2 aliphatic heterocycles. The Morgan fingerprint density at radius 3 is 2.00 bits per heavy atom. The number of fused-ring (bicyclic) bond motifs is 2. The molecule has 2 unspecified atom stereocenters. The first-order valence-corrected chi connectivity index (χ1v) is 37.5. The Morgan fingerprint density at radius 1 is 0.670 bits per heavy atom. The first-order chi connectivity index (χ1) is 52.3. The highest BCUT2D eigenvalue weighted by Gasteiger charge is 2.36. The molecular weight excluding hydrogens is 1410 g/mol. The van der Waals surface area contributed by atoms with Gasteiger partial charge in [-0.25, -0.2) is 9.59 Å². The molecular formula is C77H113N13O19. The standard InChI is InChI=1S/C77H113N13O19/c1-50(2)70(72(79)98)87-74(100)59(85-66(95)33-37-103-39-41-105-43-44-106-42-40-104-38-35-83-64(93)31-32-68(97)90-46-55-17-7-6-15-53(55)25-26-54-16-8-9-20-61(54)90)19-10-12-34-82-67(96)49-107-63-21-14-18-57(45-60(69(63)78)86-75-62(92)30-29-58(47-91)109-75)89(76(81)101)36-13-11-22-65(94)84-56-27-23-52(24-28-56)48-108-77(102)88(5)71(51(3)4)73(80)99/h6-9,15-17,20,23-24,27-28,50-51,57-59,62-63,70-71,75,86,91-92H,10-14,18-19,21-22,29-49,78H2,1-5H3,(H2,79,98)(H2,80,99)(H2,81,101)(H,82,96)(H,83,93)(H,84,94)(H,85,95)(H,87,100)/t57?,58-,59+,62+,63?,70-,71-,75+/m0/s1. The van der Waals surface area contributed by atoms with Crippen LogP contribution in [0.4, 0.5) is 21.0 Å². The summed E-state index contributed by atoms with van der Waals surface area (Å²) in [7, 11) is 1.45. The van der Waals surface area contributed by atoms with Gasteiger partial charge in [-0.05, 0) is 118 Å². The summed E-state index contributed by atoms with van der Waals surface area (Å²) in [4.78, 5) is 134. The fourth-order valence-corrected chi connectivity index (χ4v) is 12.6. The Labute approximate surface area is 637 Å². The molecule has 0 radical (unpaired) electrons. The third-order valence-corrected chi connectivity index (χ3v) is 18.6. The predicted octanol–water partition coefficient (Wildman–Crippen LogP) is 2.90. The van der Waals surface area contributed by atoms with Crippen LogP contribution in [0.5, 0.6) is 0 Å². The summed E-state index contributed by atoms with van der Waals surface area (Å²) in [5, 5.41) is 38.1. The van der Waals surface area contributed by atoms with Crippen molar-refractivity contribution in [2.45, 2.75) is 186 Å². The predicted molar refractivity (Wildman–Crippen MR) is 403 cm³/mol. The molecule has 0 saturated carbocycles. The van der Waals surface area contributed by atoms with Crippen molar-refractivity contribution in [3.63, 3.8) is 0 Å². The largest absolute Gasteiger partial charge is 0.445 e. The maximum absolute atomic E-state index is 13.6. The Morgan fingerprint density at radius 2 is 1.33 bits per heavy atom. The summed E-state index contributed by atoms with van der Waals surface area (Å²) in [5.74, 6) is 2.19. The van der Waals surface area contributed by atoms with Gasteiger partial charge in [0.1, 0.15) is 31.3 Å². The Kier molecular flexibility index (Phi) is 38.5. The minimum atomic E-state index is -1.05. The molecule has 1 aliphatic carbocycles. The molecule has 0 spiro atoms. The summed E-state index contributed by atoms with van der Waals surface area (Å²) in [6.45, 7) is 9.05. The maximum Gasteiger partial charge on any atom is 0.410 e. The highest BCUT2D eigenvalue weighted by atomic mass is 16.6. The van der Waals surface area contributed by atoms with Crippen LogP contribution in [0.3, 0.4) is 0 Å². The average Bonchev–Trinajstić information content (AvgIpc) is 0.812. The Balaban J connectivity index is 0.867. The van der Waals surface area contributed by atoms with E-state index in [4.69, 9.17) is 56.1 Å². The number of ether oxygens (including phenoxy) is 7. The molecule has 16 N–H and O–H groups in total. The van der Waals surface area contributed by atoms with E-state index in [1.807, 2.05) is 48.5 Å². The number of unbranched alkanes of at least 4 members (excludes halogenated alkanes) is 2. The molecule has 3 aromatic carbocycles. The minimum absolute atomic E-state index is 0.0209. The van der Waals surface area contributed by atoms with Crippen LogP contribution in [0.15, 0.2) is 84.2 Å². The lowest BCUT2D eigenvalue weighted by atomic mass is 9.93. The minimum Gasteiger partial charge on any atom is -0.445 e. The number of urea groups is 1. The number of likely N-dealkylation sites (N-methyl/N-ethyl adjacent to an activating group) is 1. The lowest BCUT2D eigenvalue weighted by Gasteiger charge is -2.38. The van der Waals surface area contributed by atoms with Crippen molar-refractivity contribution >= 4 is 70.8 Å². The number of nitrogens with two attached hydrogens (primary N) is 4. The van der Waals surface area contributed by atoms with Gasteiger partial charge in [-0.2, -0.15) is 0 Å². The van der Waals surface area contributed by atoms with Crippen LogP contribution in [-0.2, 0) is 84.7 Å². The second-order valence-corrected chi connectivity index (χ2v) is 27.7. The van der Waals surface area contributed by atoms with Gasteiger partial charge in [0, 0.05) is 87.3 Å². The number of anilines is 2. The SMILES string of the molecule is CC(C)[C@H](NC(=O)[C@@H](CCCCNC(=O)COC1CCCC(N(CCCCC(=O)Nc2ccc(COC(=O)N(C)[C@H](C(N)=O)C(C)C)cc2)C(N)=O)CC(N[C@@H]2O[C@H](CO)CC[C@H]2O)=C1N)NC(=O)CCOCCOCCOCCOCCNC(=O)CCC(=O)N1Cc2ccccc2C#Cc2ccccc21)C(N)=O. The topological polar surface area (TPSA) is 462 Å². The maximum atomic E-state index is 13.6. The number of hydrogen-bond donors (Lipinski definition) is 12. The number of carbonyl (C=O) groups excluding carboxylic acids is 10. The quantitative estimate of drug-likeness (QED) is 0.0286. The van der Waals surface area contributed by atoms with Gasteiger partial charge < -0.3 is 108 Å². The summed E-state index contributed by atoms with van der Waals surface area (Å²) in [6, 6.07) is 17.8. The normalized spacial score (nSPS) is 17.7. The second kappa shape index (κ2) is 47.5. The molecule has 600 valence electrons. The Hall–Kier alpha value is -9.46. The third-order valence-electron chi connectivity index (χ3n) is 18.6. The van der Waals surface area contributed by atoms with Crippen LogP contribution in [0.1, 0.15) is 146 Å². The fraction of sp³-hybridized carbons (Fsp3) is 0.584. The number of aliphatic hydroxyl groups excluding tert-OH is 2. The van der Waals surface area contributed by atoms with Gasteiger partial charge in [-0.1, -0.05) is 82.0 Å². The highest BCUT2D eigenvalue weighted by molar-refractivity contribution is 5.97. The van der Waals surface area contributed by atoms with E-state index in [1.54, 1.807) is 56.9 Å². The number of amides is 11. The molecule has 3 aromatic rings. The molecule has 2 heterocycles. The summed E-state index contributed by atoms with van der Waals surface area (Å²) in [6.07, 6.45) is -0.134. The van der Waals surface area contributed by atoms with Gasteiger partial charge in [-0.3, -0.25) is 43.3 Å². The summed E-state index contributed by atoms with van der Waals surface area (Å²) >= 11 is 0. The van der Waals surface area contributed by atoms with Crippen molar-refractivity contribution in [3.05, 3.63) is 106 Å². The van der Waals surface area contributed by atoms with E-state index in [2.05, 4.69) is 43.7 Å². The zero-order chi connectivity index (χ0) is 79.2. The van der Waals surface area contributed by atoms with Crippen molar-refractivity contribution < 1.29 is 91.3 Å². The number of aliphatic hydroxyl groups is 2. The first-order valence-electron chi connectivity index (χ1n) is 37.5. The molecule has 8 atom stereocenters. The average molecular weight is 1520 g/mol. The molecule has 0 bridgehead atoms. The van der Waals surface area contributed by atoms with E-state index in [0.29, 0.717) is 93.6 Å². The van der Waals surface area contributed by atoms with E-state index < -0.39 is 97.0 Å². The molecule has 1 saturated heterocycles. The number of primary amides is 3. The highest BCUT2D eigenvalue weighted by Crippen LogP contribution is 2.30. The monoisotopic (exact) mass is 1520 g/mol. The van der Waals surface area contributed by atoms with E-state index in [-0.39, 0.29) is 153 Å². The van der Waals surface area contributed by atoms with Crippen molar-refractivity contribution in [1.29, 1.82) is 0 Å². The fourth-order valence-electron chi connectivity index (χ4n) is 12.6. The third kappa shape index (κ3) is 30.8. The number of carbonyl (C=O) groups is 10. The summed E-state index contributed by atoms with van der Waals surface area (Å²) in [5.41, 5.74) is 29.0. The summed E-state index contributed by atoms with van der Waals surface area (Å²) < 4.78 is 39.9. The van der Waals surface area contributed by atoms with E-state index in [0.717, 1.165) is 16.7 Å². The zero-order valence-corrected chi connectivity index (χ0v) is 63.4. The van der Waals surface area contributed by atoms with Crippen LogP contribution in [0, 0.1) is 23.7 Å². The van der Waals surface area contributed by atoms with Gasteiger partial charge >= 0.3 is 12.1 Å². The number of nitrogens with one attached hydrogen (secondary N) is 6. The smallest absolute Gasteiger partial charge is 0.410 e. The van der Waals surface area contributed by atoms with Gasteiger partial charge in [0.15, 0.2) is 6.23 Å². The van der Waals surface area contributed by atoms with Crippen LogP contribution >= 0.6 is 0 Å². The Bertz CT molecular complexity index is 3550. The van der Waals surface area contributed by atoms with Crippen LogP contribution in [-0.4, -0.2) is 221 Å². The molecule has 3 aliphatic rings. The van der Waals surface area contributed by atoms with Crippen molar-refractivity contribution in [2.24, 2.45) is 34.8 Å². The second-order valence-electron chi connectivity index (χ2n) is 27.7. The molecule has 0 aromatic heterocycles. The molecule has 32 nitrogen and oxygen atoms in total. The lowest BCUT2D eigenvalue weighted by Crippen LogP contribution is -2.54. The van der Waals surface area contributed by atoms with Crippen molar-refractivity contribution in [2.75, 3.05) is 103 Å². The first kappa shape index (κ1) is 88.4. The molecule has 11 amide bonds. The van der Waals surface area contributed by atoms with E-state index in [1.165, 1.54) is 16.8 Å². The molecule has 6 rings (SSSR count). The van der Waals surface area contributed by atoms with Crippen molar-refractivity contribution in [1.82, 2.24) is 36.4 Å². The van der Waals surface area contributed by atoms with Crippen molar-refractivity contribution in [3.8, 4) is 11.8 Å². The van der Waals surface area contributed by atoms with Crippen LogP contribution in [0.2, 0.25) is 0 Å². The van der Waals surface area contributed by atoms with E-state index in [9.17, 15) is 58.2 Å². The number of hydrogen-bond acceptors (Lipinski definition) is 21. The number of nitrogens with zero attached hydrogens (tertiary/aromatic N) is 3. The number of para-hydroxylation sites is 1. The molecule has 109 heavy (non-hydrogen) atoms. The van der Waals surface area contributed by atoms with Gasteiger partial charge in [-0.15, -0.1) is 0 Å². The number of rotatable bonds is 46. The van der Waals surface area contributed by atoms with Crippen LogP contribution < -0.4 is 59.7 Å². The molecule has 1 fully saturated rings. The lowest BCUT2D eigenvalue weighted by molar-refractivity contribution is -0.139.